The molecule has 0 amide bonds. The molecule has 5 heteroatoms. The zero-order valence-corrected chi connectivity index (χ0v) is 17.5. The number of nitrogens with zero attached hydrogens (tertiary/aromatic N) is 1. The van der Waals surface area contributed by atoms with Crippen molar-refractivity contribution in [3.05, 3.63) is 23.8 Å². The predicted octanol–water partition coefficient (Wildman–Crippen LogP) is 3.91. The number of likely N-dealkylation sites (tertiary alicyclic amines) is 1. The van der Waals surface area contributed by atoms with E-state index in [-0.39, 0.29) is 6.04 Å². The maximum Gasteiger partial charge on any atom is 0.161 e. The molecule has 1 aromatic carbocycles. The van der Waals surface area contributed by atoms with E-state index in [1.54, 1.807) is 0 Å². The van der Waals surface area contributed by atoms with E-state index in [9.17, 15) is 5.11 Å². The molecule has 0 bridgehead atoms. The fraction of sp³-hybridized carbons (Fsp3) is 0.739. The van der Waals surface area contributed by atoms with Crippen LogP contribution in [0.1, 0.15) is 70.0 Å². The first kappa shape index (κ1) is 21.4. The van der Waals surface area contributed by atoms with E-state index in [0.717, 1.165) is 43.2 Å². The second-order valence-corrected chi connectivity index (χ2v) is 8.18. The molecule has 0 radical (unpaired) electrons. The maximum atomic E-state index is 11.1. The summed E-state index contributed by atoms with van der Waals surface area (Å²) in [5.74, 6) is 1.52. The van der Waals surface area contributed by atoms with Crippen molar-refractivity contribution in [1.29, 1.82) is 0 Å². The van der Waals surface area contributed by atoms with Gasteiger partial charge in [0.15, 0.2) is 11.5 Å². The smallest absolute Gasteiger partial charge is 0.161 e. The lowest BCUT2D eigenvalue weighted by Crippen LogP contribution is -2.44. The topological polar surface area (TPSA) is 54.0 Å². The first-order valence-corrected chi connectivity index (χ1v) is 11.3. The van der Waals surface area contributed by atoms with Gasteiger partial charge in [0.25, 0.3) is 0 Å². The number of unbranched alkanes of at least 4 members (excludes halogenated alkanes) is 5. The molecule has 2 aliphatic heterocycles. The Kier molecular flexibility index (Phi) is 8.90. The van der Waals surface area contributed by atoms with E-state index in [1.165, 1.54) is 51.4 Å². The van der Waals surface area contributed by atoms with Crippen molar-refractivity contribution < 1.29 is 14.6 Å². The van der Waals surface area contributed by atoms with E-state index in [1.807, 2.05) is 18.2 Å². The molecule has 28 heavy (non-hydrogen) atoms. The molecule has 1 saturated heterocycles. The van der Waals surface area contributed by atoms with Crippen molar-refractivity contribution in [1.82, 2.24) is 10.2 Å². The maximum absolute atomic E-state index is 11.1. The number of nitrogens with one attached hydrogen (secondary N) is 1. The fourth-order valence-electron chi connectivity index (χ4n) is 4.19. The lowest BCUT2D eigenvalue weighted by Gasteiger charge is -2.29. The molecule has 0 aromatic heterocycles. The molecule has 0 unspecified atom stereocenters. The molecule has 3 rings (SSSR count). The van der Waals surface area contributed by atoms with Gasteiger partial charge in [-0.2, -0.15) is 0 Å². The normalized spacial score (nSPS) is 18.9. The van der Waals surface area contributed by atoms with Gasteiger partial charge in [-0.15, -0.1) is 0 Å². The highest BCUT2D eigenvalue weighted by molar-refractivity contribution is 5.44. The van der Waals surface area contributed by atoms with Crippen molar-refractivity contribution in [2.75, 3.05) is 39.4 Å². The Morgan fingerprint density at radius 2 is 1.71 bits per heavy atom. The van der Waals surface area contributed by atoms with Crippen molar-refractivity contribution >= 4 is 0 Å². The summed E-state index contributed by atoms with van der Waals surface area (Å²) in [5.41, 5.74) is 0.906. The van der Waals surface area contributed by atoms with Crippen LogP contribution in [0.15, 0.2) is 18.2 Å². The summed E-state index contributed by atoms with van der Waals surface area (Å²) >= 11 is 0. The molecular formula is C23H38N2O3. The van der Waals surface area contributed by atoms with Gasteiger partial charge in [-0.25, -0.2) is 0 Å². The predicted molar refractivity (Wildman–Crippen MR) is 113 cm³/mol. The number of ether oxygens (including phenoxy) is 2. The third-order valence-electron chi connectivity index (χ3n) is 5.88. The standard InChI is InChI=1S/C23H38N2O3/c1-2-3-4-5-6-7-12-24-20(18-25-13-8-9-14-25)23(26)19-10-11-21-22(17-19)28-16-15-27-21/h10-11,17,20,23-24,26H,2-9,12-16,18H2,1H3/t20-,23-/m1/s1. The summed E-state index contributed by atoms with van der Waals surface area (Å²) in [6.45, 7) is 7.56. The minimum absolute atomic E-state index is 0.0382. The second kappa shape index (κ2) is 11.6. The molecule has 2 aliphatic rings. The number of fused-ring (bicyclic) bond motifs is 1. The quantitative estimate of drug-likeness (QED) is 0.530. The molecule has 2 N–H and O–H groups in total. The van der Waals surface area contributed by atoms with Crippen LogP contribution in [-0.4, -0.2) is 55.4 Å². The van der Waals surface area contributed by atoms with Gasteiger partial charge >= 0.3 is 0 Å². The molecule has 1 aromatic rings. The van der Waals surface area contributed by atoms with E-state index in [2.05, 4.69) is 17.1 Å². The molecule has 2 atom stereocenters. The number of aliphatic hydroxyl groups is 1. The molecule has 1 fully saturated rings. The minimum Gasteiger partial charge on any atom is -0.486 e. The third kappa shape index (κ3) is 6.36. The molecular weight excluding hydrogens is 352 g/mol. The van der Waals surface area contributed by atoms with Gasteiger partial charge < -0.3 is 24.8 Å². The number of hydrogen-bond donors (Lipinski definition) is 2. The molecule has 0 spiro atoms. The Bertz CT molecular complexity index is 575. The van der Waals surface area contributed by atoms with Crippen LogP contribution in [0.3, 0.4) is 0 Å². The third-order valence-corrected chi connectivity index (χ3v) is 5.88. The minimum atomic E-state index is -0.545. The number of aliphatic hydroxyl groups excluding tert-OH is 1. The van der Waals surface area contributed by atoms with Crippen molar-refractivity contribution in [3.63, 3.8) is 0 Å². The Morgan fingerprint density at radius 1 is 1.00 bits per heavy atom. The molecule has 0 aliphatic carbocycles. The van der Waals surface area contributed by atoms with Gasteiger partial charge in [-0.1, -0.05) is 45.1 Å². The zero-order valence-electron chi connectivity index (χ0n) is 17.5. The monoisotopic (exact) mass is 390 g/mol. The van der Waals surface area contributed by atoms with Crippen LogP contribution in [-0.2, 0) is 0 Å². The second-order valence-electron chi connectivity index (χ2n) is 8.18. The van der Waals surface area contributed by atoms with Gasteiger partial charge in [0.1, 0.15) is 13.2 Å². The van der Waals surface area contributed by atoms with Gasteiger partial charge in [0.05, 0.1) is 6.10 Å². The summed E-state index contributed by atoms with van der Waals surface area (Å²) in [5, 5.41) is 14.8. The van der Waals surface area contributed by atoms with Crippen molar-refractivity contribution in [2.45, 2.75) is 70.4 Å². The zero-order chi connectivity index (χ0) is 19.6. The summed E-state index contributed by atoms with van der Waals surface area (Å²) in [7, 11) is 0. The van der Waals surface area contributed by atoms with Crippen molar-refractivity contribution in [3.8, 4) is 11.5 Å². The first-order valence-electron chi connectivity index (χ1n) is 11.3. The SMILES string of the molecule is CCCCCCCCN[C@H](CN1CCCC1)[C@H](O)c1ccc2c(c1)OCCO2. The summed E-state index contributed by atoms with van der Waals surface area (Å²) < 4.78 is 11.3. The van der Waals surface area contributed by atoms with Crippen LogP contribution in [0, 0.1) is 0 Å². The molecule has 158 valence electrons. The molecule has 5 nitrogen and oxygen atoms in total. The van der Waals surface area contributed by atoms with Crippen LogP contribution < -0.4 is 14.8 Å². The number of hydrogen-bond acceptors (Lipinski definition) is 5. The summed E-state index contributed by atoms with van der Waals surface area (Å²) in [6.07, 6.45) is 9.72. The number of benzene rings is 1. The van der Waals surface area contributed by atoms with Crippen LogP contribution >= 0.6 is 0 Å². The van der Waals surface area contributed by atoms with Crippen molar-refractivity contribution in [2.24, 2.45) is 0 Å². The Labute approximate surface area is 170 Å². The number of rotatable bonds is 12. The lowest BCUT2D eigenvalue weighted by atomic mass is 10.0. The Hall–Kier alpha value is -1.30. The van der Waals surface area contributed by atoms with E-state index >= 15 is 0 Å². The lowest BCUT2D eigenvalue weighted by molar-refractivity contribution is 0.105. The average Bonchev–Trinajstić information content (AvgIpc) is 3.24. The Balaban J connectivity index is 1.55. The van der Waals surface area contributed by atoms with E-state index in [4.69, 9.17) is 9.47 Å². The highest BCUT2D eigenvalue weighted by Crippen LogP contribution is 2.33. The molecule has 2 heterocycles. The largest absolute Gasteiger partial charge is 0.486 e. The molecule has 0 saturated carbocycles. The Morgan fingerprint density at radius 3 is 2.50 bits per heavy atom. The highest BCUT2D eigenvalue weighted by Gasteiger charge is 2.26. The van der Waals surface area contributed by atoms with E-state index in [0.29, 0.717) is 13.2 Å². The highest BCUT2D eigenvalue weighted by atomic mass is 16.6. The van der Waals surface area contributed by atoms with Crippen LogP contribution in [0.2, 0.25) is 0 Å². The fourth-order valence-corrected chi connectivity index (χ4v) is 4.19. The van der Waals surface area contributed by atoms with Gasteiger partial charge in [0.2, 0.25) is 0 Å². The van der Waals surface area contributed by atoms with Gasteiger partial charge in [-0.3, -0.25) is 0 Å². The van der Waals surface area contributed by atoms with Crippen LogP contribution in [0.4, 0.5) is 0 Å². The van der Waals surface area contributed by atoms with E-state index < -0.39 is 6.10 Å². The summed E-state index contributed by atoms with van der Waals surface area (Å²) in [4.78, 5) is 2.47. The van der Waals surface area contributed by atoms with Gasteiger partial charge in [0, 0.05) is 12.6 Å². The van der Waals surface area contributed by atoms with Gasteiger partial charge in [-0.05, 0) is 56.6 Å². The summed E-state index contributed by atoms with van der Waals surface area (Å²) in [6, 6.07) is 5.88. The van der Waals surface area contributed by atoms with Crippen LogP contribution in [0.25, 0.3) is 0 Å². The first-order chi connectivity index (χ1) is 13.8. The average molecular weight is 391 g/mol. The van der Waals surface area contributed by atoms with Crippen LogP contribution in [0.5, 0.6) is 11.5 Å².